The van der Waals surface area contributed by atoms with Gasteiger partial charge in [-0.1, -0.05) is 134 Å². The highest BCUT2D eigenvalue weighted by molar-refractivity contribution is 7.80. The first-order valence-corrected chi connectivity index (χ1v) is 15.2. The van der Waals surface area contributed by atoms with Crippen LogP contribution in [0, 0.1) is 0 Å². The van der Waals surface area contributed by atoms with Crippen molar-refractivity contribution in [3.05, 3.63) is 0 Å². The molecule has 202 valence electrons. The van der Waals surface area contributed by atoms with E-state index in [1.165, 1.54) is 135 Å². The van der Waals surface area contributed by atoms with Gasteiger partial charge in [0.15, 0.2) is 0 Å². The Hall–Kier alpha value is -0.210. The minimum Gasteiger partial charge on any atom is -0.381 e. The van der Waals surface area contributed by atoms with Gasteiger partial charge in [-0.2, -0.15) is 8.42 Å². The van der Waals surface area contributed by atoms with E-state index in [0.29, 0.717) is 0 Å². The van der Waals surface area contributed by atoms with Crippen molar-refractivity contribution in [1.82, 2.24) is 0 Å². The second kappa shape index (κ2) is 29.8. The van der Waals surface area contributed by atoms with Gasteiger partial charge in [0.2, 0.25) is 0 Å². The molecule has 33 heavy (non-hydrogen) atoms. The first kappa shape index (κ1) is 35.0. The Labute approximate surface area is 206 Å². The van der Waals surface area contributed by atoms with Gasteiger partial charge in [0, 0.05) is 13.2 Å². The third-order valence-corrected chi connectivity index (χ3v) is 5.80. The maximum Gasteiger partial charge on any atom is 0.424 e. The maximum absolute atomic E-state index is 9.60. The Balaban J connectivity index is 0. The fraction of sp³-hybridized carbons (Fsp3) is 1.00. The molecule has 0 saturated carbocycles. The van der Waals surface area contributed by atoms with E-state index in [9.17, 15) is 8.42 Å². The fourth-order valence-electron chi connectivity index (χ4n) is 3.59. The molecule has 1 N–H and O–H groups in total. The summed E-state index contributed by atoms with van der Waals surface area (Å²) in [6.07, 6.45) is 28.2. The van der Waals surface area contributed by atoms with Crippen LogP contribution in [0.25, 0.3) is 0 Å². The number of rotatable bonds is 25. The first-order chi connectivity index (χ1) is 16.0. The quantitative estimate of drug-likeness (QED) is 0.0589. The molecule has 0 aliphatic carbocycles. The van der Waals surface area contributed by atoms with Crippen molar-refractivity contribution in [1.29, 1.82) is 0 Å². The molecular formula is C26H56O6S. The summed E-state index contributed by atoms with van der Waals surface area (Å²) in [7, 11) is -4.41. The van der Waals surface area contributed by atoms with Crippen LogP contribution >= 0.6 is 0 Å². The van der Waals surface area contributed by atoms with Crippen LogP contribution < -0.4 is 0 Å². The van der Waals surface area contributed by atoms with Crippen molar-refractivity contribution in [2.24, 2.45) is 0 Å². The lowest BCUT2D eigenvalue weighted by Gasteiger charge is -2.05. The van der Waals surface area contributed by atoms with Crippen LogP contribution in [-0.4, -0.2) is 32.8 Å². The molecule has 0 aliphatic heterocycles. The lowest BCUT2D eigenvalue weighted by Crippen LogP contribution is -2.03. The molecule has 0 fully saturated rings. The third kappa shape index (κ3) is 39.3. The van der Waals surface area contributed by atoms with Crippen molar-refractivity contribution in [2.45, 2.75) is 149 Å². The van der Waals surface area contributed by atoms with Crippen molar-refractivity contribution < 1.29 is 26.9 Å². The molecule has 0 atom stereocenters. The number of ether oxygens (including phenoxy) is 1. The molecule has 6 nitrogen and oxygen atoms in total. The van der Waals surface area contributed by atoms with E-state index in [2.05, 4.69) is 23.1 Å². The first-order valence-electron chi connectivity index (χ1n) is 13.8. The summed E-state index contributed by atoms with van der Waals surface area (Å²) >= 11 is 0. The Kier molecular flexibility index (Phi) is 31.6. The molecule has 0 aliphatic rings. The molecular weight excluding hydrogens is 440 g/mol. The van der Waals surface area contributed by atoms with E-state index < -0.39 is 10.4 Å². The Morgan fingerprint density at radius 2 is 0.818 bits per heavy atom. The summed E-state index contributed by atoms with van der Waals surface area (Å²) in [5.41, 5.74) is 0. The Morgan fingerprint density at radius 1 is 0.515 bits per heavy atom. The third-order valence-electron chi connectivity index (χ3n) is 5.54. The number of unbranched alkanes of at least 4 members (excludes halogenated alkanes) is 18. The number of hydrogen-bond donors (Lipinski definition) is 1. The van der Waals surface area contributed by atoms with Crippen LogP contribution in [0.15, 0.2) is 0 Å². The van der Waals surface area contributed by atoms with Gasteiger partial charge in [0.05, 0.1) is 6.61 Å². The summed E-state index contributed by atoms with van der Waals surface area (Å²) in [5.74, 6) is 0. The van der Waals surface area contributed by atoms with E-state index in [1.54, 1.807) is 0 Å². The minimum atomic E-state index is -4.41. The molecule has 0 spiro atoms. The molecule has 0 amide bonds. The molecule has 0 saturated heterocycles. The minimum absolute atomic E-state index is 0.0692. The van der Waals surface area contributed by atoms with Crippen LogP contribution in [-0.2, 0) is 24.4 Å². The predicted octanol–water partition coefficient (Wildman–Crippen LogP) is 8.60. The molecule has 0 heterocycles. The summed E-state index contributed by atoms with van der Waals surface area (Å²) in [6.45, 7) is 8.16. The normalized spacial score (nSPS) is 11.4. The molecule has 0 aromatic heterocycles. The smallest absolute Gasteiger partial charge is 0.381 e. The van der Waals surface area contributed by atoms with Crippen molar-refractivity contribution >= 4 is 10.4 Å². The van der Waals surface area contributed by atoms with Gasteiger partial charge in [-0.05, 0) is 19.8 Å². The molecule has 0 radical (unpaired) electrons. The van der Waals surface area contributed by atoms with Gasteiger partial charge in [0.1, 0.15) is 0 Å². The van der Waals surface area contributed by atoms with E-state index in [1.807, 2.05) is 0 Å². The molecule has 0 bridgehead atoms. The van der Waals surface area contributed by atoms with E-state index >= 15 is 0 Å². The van der Waals surface area contributed by atoms with Gasteiger partial charge >= 0.3 is 10.4 Å². The van der Waals surface area contributed by atoms with Crippen molar-refractivity contribution in [3.63, 3.8) is 0 Å². The SMILES string of the molecule is CCCCCCCCCCCCOCCCCCCCCCCCC.CCOOS(=O)(=O)O. The highest BCUT2D eigenvalue weighted by Crippen LogP contribution is 2.12. The summed E-state index contributed by atoms with van der Waals surface area (Å²) in [4.78, 5) is 3.86. The predicted molar refractivity (Wildman–Crippen MR) is 139 cm³/mol. The summed E-state index contributed by atoms with van der Waals surface area (Å²) in [6, 6.07) is 0. The van der Waals surface area contributed by atoms with E-state index in [0.717, 1.165) is 13.2 Å². The monoisotopic (exact) mass is 496 g/mol. The molecule has 0 aromatic carbocycles. The zero-order chi connectivity index (χ0) is 24.9. The number of hydrogen-bond acceptors (Lipinski definition) is 5. The van der Waals surface area contributed by atoms with Gasteiger partial charge in [0.25, 0.3) is 0 Å². The molecule has 0 rings (SSSR count). The highest BCUT2D eigenvalue weighted by atomic mass is 32.3. The largest absolute Gasteiger partial charge is 0.424 e. The van der Waals surface area contributed by atoms with Crippen molar-refractivity contribution in [3.8, 4) is 0 Å². The van der Waals surface area contributed by atoms with E-state index in [4.69, 9.17) is 9.29 Å². The van der Waals surface area contributed by atoms with E-state index in [-0.39, 0.29) is 6.61 Å². The maximum atomic E-state index is 9.60. The zero-order valence-corrected chi connectivity index (χ0v) is 23.0. The van der Waals surface area contributed by atoms with Crippen LogP contribution in [0.5, 0.6) is 0 Å². The Morgan fingerprint density at radius 3 is 1.06 bits per heavy atom. The Bertz CT molecular complexity index is 420. The lowest BCUT2D eigenvalue weighted by atomic mass is 10.1. The summed E-state index contributed by atoms with van der Waals surface area (Å²) in [5, 5.41) is 0. The van der Waals surface area contributed by atoms with Gasteiger partial charge in [-0.3, -0.25) is 4.55 Å². The van der Waals surface area contributed by atoms with Crippen LogP contribution in [0.2, 0.25) is 0 Å². The molecule has 0 unspecified atom stereocenters. The van der Waals surface area contributed by atoms with Crippen LogP contribution in [0.3, 0.4) is 0 Å². The zero-order valence-electron chi connectivity index (χ0n) is 22.2. The van der Waals surface area contributed by atoms with Crippen LogP contribution in [0.4, 0.5) is 0 Å². The molecule has 0 aromatic rings. The van der Waals surface area contributed by atoms with Gasteiger partial charge < -0.3 is 4.74 Å². The van der Waals surface area contributed by atoms with Crippen LogP contribution in [0.1, 0.15) is 149 Å². The molecule has 7 heteroatoms. The fourth-order valence-corrected chi connectivity index (χ4v) is 3.81. The lowest BCUT2D eigenvalue weighted by molar-refractivity contribution is -0.203. The average Bonchev–Trinajstić information content (AvgIpc) is 2.78. The second-order valence-corrected chi connectivity index (χ2v) is 9.87. The van der Waals surface area contributed by atoms with Crippen molar-refractivity contribution in [2.75, 3.05) is 19.8 Å². The standard InChI is InChI=1S/C24H50O.C2H6O5S/c1-3-5-7-9-11-13-15-17-19-21-23-25-24-22-20-18-16-14-12-10-8-6-4-2;1-2-6-7-8(3,4)5/h3-24H2,1-2H3;2H2,1H3,(H,3,4,5). The average molecular weight is 497 g/mol. The van der Waals surface area contributed by atoms with Gasteiger partial charge in [-0.15, -0.1) is 0 Å². The van der Waals surface area contributed by atoms with Gasteiger partial charge in [-0.25, -0.2) is 4.89 Å². The topological polar surface area (TPSA) is 82.1 Å². The second-order valence-electron chi connectivity index (χ2n) is 8.88. The highest BCUT2D eigenvalue weighted by Gasteiger charge is 2.02. The summed E-state index contributed by atoms with van der Waals surface area (Å²) < 4.78 is 36.2.